The molecule has 2 N–H and O–H groups in total. The molecule has 128 valence electrons. The van der Waals surface area contributed by atoms with E-state index in [1.165, 1.54) is 32.1 Å². The third kappa shape index (κ3) is 3.25. The third-order valence-corrected chi connectivity index (χ3v) is 5.54. The third-order valence-electron chi connectivity index (χ3n) is 5.54. The van der Waals surface area contributed by atoms with E-state index in [0.717, 1.165) is 25.7 Å². The minimum absolute atomic E-state index is 0. The fourth-order valence-electron chi connectivity index (χ4n) is 4.65. The van der Waals surface area contributed by atoms with Crippen LogP contribution in [0, 0.1) is 17.3 Å². The summed E-state index contributed by atoms with van der Waals surface area (Å²) in [6.07, 6.45) is 7.12. The molecule has 5 heteroatoms. The monoisotopic (exact) mass is 421 g/mol. The van der Waals surface area contributed by atoms with Gasteiger partial charge in [-0.2, -0.15) is 0 Å². The van der Waals surface area contributed by atoms with Crippen molar-refractivity contribution < 1.29 is 4.74 Å². The number of hydrogen-bond acceptors (Lipinski definition) is 2. The molecule has 3 unspecified atom stereocenters. The van der Waals surface area contributed by atoms with E-state index in [2.05, 4.69) is 31.4 Å². The van der Waals surface area contributed by atoms with Crippen molar-refractivity contribution in [1.82, 2.24) is 10.6 Å². The van der Waals surface area contributed by atoms with Gasteiger partial charge in [-0.05, 0) is 32.1 Å². The van der Waals surface area contributed by atoms with Gasteiger partial charge in [-0.1, -0.05) is 26.7 Å². The lowest BCUT2D eigenvalue weighted by Crippen LogP contribution is -2.69. The molecule has 1 aliphatic heterocycles. The van der Waals surface area contributed by atoms with Crippen LogP contribution in [0.4, 0.5) is 0 Å². The van der Waals surface area contributed by atoms with Crippen molar-refractivity contribution in [2.24, 2.45) is 22.2 Å². The highest BCUT2D eigenvalue weighted by Gasteiger charge is 2.65. The number of ether oxygens (including phenoxy) is 1. The van der Waals surface area contributed by atoms with Gasteiger partial charge in [0.05, 0.1) is 6.10 Å². The van der Waals surface area contributed by atoms with E-state index >= 15 is 0 Å². The molecule has 0 aromatic carbocycles. The maximum Gasteiger partial charge on any atom is 0.191 e. The molecule has 2 aliphatic carbocycles. The summed E-state index contributed by atoms with van der Waals surface area (Å²) < 4.78 is 6.06. The Labute approximate surface area is 152 Å². The lowest BCUT2D eigenvalue weighted by atomic mass is 9.54. The highest BCUT2D eigenvalue weighted by molar-refractivity contribution is 14.0. The Kier molecular flexibility index (Phi) is 6.39. The average Bonchev–Trinajstić information content (AvgIpc) is 3.09. The highest BCUT2D eigenvalue weighted by atomic mass is 127. The molecule has 3 atom stereocenters. The molecule has 0 radical (unpaired) electrons. The summed E-state index contributed by atoms with van der Waals surface area (Å²) >= 11 is 0. The summed E-state index contributed by atoms with van der Waals surface area (Å²) in [6, 6.07) is 0.567. The zero-order valence-electron chi connectivity index (χ0n) is 14.2. The van der Waals surface area contributed by atoms with Gasteiger partial charge in [0.1, 0.15) is 0 Å². The van der Waals surface area contributed by atoms with E-state index in [1.54, 1.807) is 0 Å². The summed E-state index contributed by atoms with van der Waals surface area (Å²) in [7, 11) is 0. The molecular weight excluding hydrogens is 389 g/mol. The van der Waals surface area contributed by atoms with Gasteiger partial charge in [0.25, 0.3) is 0 Å². The Morgan fingerprint density at radius 2 is 2.05 bits per heavy atom. The lowest BCUT2D eigenvalue weighted by molar-refractivity contribution is -0.125. The van der Waals surface area contributed by atoms with Crippen molar-refractivity contribution in [3.8, 4) is 0 Å². The van der Waals surface area contributed by atoms with E-state index < -0.39 is 0 Å². The van der Waals surface area contributed by atoms with Crippen LogP contribution in [0.3, 0.4) is 0 Å². The minimum Gasteiger partial charge on any atom is -0.377 e. The molecule has 3 aliphatic rings. The molecule has 0 bridgehead atoms. The number of nitrogens with zero attached hydrogens (tertiary/aromatic N) is 1. The summed E-state index contributed by atoms with van der Waals surface area (Å²) in [5.74, 6) is 2.31. The maximum absolute atomic E-state index is 6.06. The fourth-order valence-corrected chi connectivity index (χ4v) is 4.65. The second-order valence-electron chi connectivity index (χ2n) is 7.42. The van der Waals surface area contributed by atoms with Gasteiger partial charge in [0, 0.05) is 37.1 Å². The molecule has 1 spiro atoms. The molecule has 4 nitrogen and oxygen atoms in total. The van der Waals surface area contributed by atoms with Crippen LogP contribution in [-0.4, -0.2) is 37.8 Å². The largest absolute Gasteiger partial charge is 0.377 e. The van der Waals surface area contributed by atoms with E-state index in [1.807, 2.05) is 0 Å². The van der Waals surface area contributed by atoms with Crippen LogP contribution in [-0.2, 0) is 4.74 Å². The quantitative estimate of drug-likeness (QED) is 0.417. The van der Waals surface area contributed by atoms with Gasteiger partial charge in [-0.3, -0.25) is 4.99 Å². The van der Waals surface area contributed by atoms with Gasteiger partial charge < -0.3 is 15.4 Å². The molecule has 22 heavy (non-hydrogen) atoms. The molecule has 1 saturated heterocycles. The van der Waals surface area contributed by atoms with Crippen molar-refractivity contribution in [2.45, 2.75) is 65.0 Å². The van der Waals surface area contributed by atoms with Crippen molar-refractivity contribution in [2.75, 3.05) is 19.7 Å². The summed E-state index contributed by atoms with van der Waals surface area (Å²) in [5.41, 5.74) is 0.398. The summed E-state index contributed by atoms with van der Waals surface area (Å²) in [6.45, 7) is 9.34. The number of hydrogen-bond donors (Lipinski definition) is 2. The molecular formula is C17H32IN3O. The predicted molar refractivity (Wildman–Crippen MR) is 102 cm³/mol. The van der Waals surface area contributed by atoms with Crippen molar-refractivity contribution in [3.05, 3.63) is 0 Å². The van der Waals surface area contributed by atoms with Crippen LogP contribution in [0.15, 0.2) is 4.99 Å². The smallest absolute Gasteiger partial charge is 0.191 e. The Bertz CT molecular complexity index is 393. The van der Waals surface area contributed by atoms with E-state index in [0.29, 0.717) is 29.4 Å². The van der Waals surface area contributed by atoms with Gasteiger partial charge >= 0.3 is 0 Å². The minimum atomic E-state index is 0. The molecule has 3 fully saturated rings. The van der Waals surface area contributed by atoms with Gasteiger partial charge in [0.15, 0.2) is 5.96 Å². The highest BCUT2D eigenvalue weighted by Crippen LogP contribution is 2.60. The molecule has 0 aromatic rings. The first-order valence-electron chi connectivity index (χ1n) is 8.84. The number of rotatable bonds is 4. The van der Waals surface area contributed by atoms with E-state index in [9.17, 15) is 0 Å². The summed E-state index contributed by atoms with van der Waals surface area (Å²) in [5, 5.41) is 7.19. The fraction of sp³-hybridized carbons (Fsp3) is 0.941. The number of fused-ring (bicyclic) bond motifs is 2. The van der Waals surface area contributed by atoms with Crippen LogP contribution < -0.4 is 10.6 Å². The van der Waals surface area contributed by atoms with Gasteiger partial charge in [0.2, 0.25) is 0 Å². The zero-order chi connectivity index (χ0) is 14.9. The lowest BCUT2D eigenvalue weighted by Gasteiger charge is -2.57. The second kappa shape index (κ2) is 7.69. The Morgan fingerprint density at radius 1 is 1.32 bits per heavy atom. The van der Waals surface area contributed by atoms with E-state index in [4.69, 9.17) is 9.73 Å². The summed E-state index contributed by atoms with van der Waals surface area (Å²) in [4.78, 5) is 4.76. The first-order valence-corrected chi connectivity index (χ1v) is 8.84. The standard InChI is InChI=1S/C17H31N3O.HI/c1-4-18-16(19-11-12(2)3)20-14-13-7-10-21-15(13)17(14)8-5-6-9-17;/h12-15H,4-11H2,1-3H3,(H2,18,19,20);1H. The SMILES string of the molecule is CCNC(=NCC(C)C)NC1C2CCOC2C12CCCC2.I. The second-order valence-corrected chi connectivity index (χ2v) is 7.42. The Hall–Kier alpha value is -0.0400. The van der Waals surface area contributed by atoms with E-state index in [-0.39, 0.29) is 24.0 Å². The molecule has 1 heterocycles. The van der Waals surface area contributed by atoms with Crippen molar-refractivity contribution in [1.29, 1.82) is 0 Å². The first-order chi connectivity index (χ1) is 10.2. The van der Waals surface area contributed by atoms with Gasteiger partial charge in [-0.25, -0.2) is 0 Å². The van der Waals surface area contributed by atoms with Crippen LogP contribution >= 0.6 is 24.0 Å². The molecule has 0 amide bonds. The number of aliphatic imine (C=N–C) groups is 1. The van der Waals surface area contributed by atoms with Crippen LogP contribution in [0.1, 0.15) is 52.9 Å². The van der Waals surface area contributed by atoms with Crippen molar-refractivity contribution in [3.63, 3.8) is 0 Å². The first kappa shape index (κ1) is 18.3. The zero-order valence-corrected chi connectivity index (χ0v) is 16.6. The van der Waals surface area contributed by atoms with Gasteiger partial charge in [-0.15, -0.1) is 24.0 Å². The van der Waals surface area contributed by atoms with Crippen LogP contribution in [0.5, 0.6) is 0 Å². The molecule has 3 rings (SSSR count). The van der Waals surface area contributed by atoms with Crippen LogP contribution in [0.2, 0.25) is 0 Å². The Balaban J connectivity index is 0.00000176. The maximum atomic E-state index is 6.06. The molecule has 2 saturated carbocycles. The number of guanidine groups is 1. The number of nitrogens with one attached hydrogen (secondary N) is 2. The van der Waals surface area contributed by atoms with Crippen LogP contribution in [0.25, 0.3) is 0 Å². The number of halogens is 1. The Morgan fingerprint density at radius 3 is 2.68 bits per heavy atom. The predicted octanol–water partition coefficient (Wildman–Crippen LogP) is 3.16. The van der Waals surface area contributed by atoms with Crippen molar-refractivity contribution >= 4 is 29.9 Å². The average molecular weight is 421 g/mol. The topological polar surface area (TPSA) is 45.7 Å². The normalized spacial score (nSPS) is 32.5. The molecule has 0 aromatic heterocycles.